The summed E-state index contributed by atoms with van der Waals surface area (Å²) >= 11 is 0. The molecule has 1 aromatic carbocycles. The lowest BCUT2D eigenvalue weighted by Crippen LogP contribution is -2.31. The smallest absolute Gasteiger partial charge is 0.287 e. The van der Waals surface area contributed by atoms with Crippen molar-refractivity contribution in [1.82, 2.24) is 15.1 Å². The van der Waals surface area contributed by atoms with Gasteiger partial charge in [0.15, 0.2) is 5.76 Å². The average Bonchev–Trinajstić information content (AvgIpc) is 3.35. The van der Waals surface area contributed by atoms with Crippen LogP contribution in [0.25, 0.3) is 0 Å². The lowest BCUT2D eigenvalue weighted by molar-refractivity contribution is 0.0901. The van der Waals surface area contributed by atoms with Crippen molar-refractivity contribution in [2.24, 2.45) is 0 Å². The topological polar surface area (TPSA) is 89.5 Å². The highest BCUT2D eigenvalue weighted by molar-refractivity contribution is 5.93. The van der Waals surface area contributed by atoms with Crippen molar-refractivity contribution < 1.29 is 19.1 Å². The first-order valence-corrected chi connectivity index (χ1v) is 9.47. The molecule has 3 aromatic rings. The monoisotopic (exact) mass is 381 g/mol. The molecule has 2 heterocycles. The molecule has 0 aliphatic heterocycles. The van der Waals surface area contributed by atoms with Gasteiger partial charge in [0.05, 0.1) is 31.7 Å². The first-order chi connectivity index (χ1) is 13.8. The van der Waals surface area contributed by atoms with E-state index in [0.29, 0.717) is 12.1 Å². The minimum Gasteiger partial charge on any atom is -0.489 e. The van der Waals surface area contributed by atoms with Crippen molar-refractivity contribution in [3.8, 4) is 5.75 Å². The lowest BCUT2D eigenvalue weighted by atomic mass is 9.93. The minimum atomic E-state index is -0.260. The largest absolute Gasteiger partial charge is 0.489 e. The number of benzene rings is 1. The fourth-order valence-corrected chi connectivity index (χ4v) is 3.61. The van der Waals surface area contributed by atoms with E-state index in [1.54, 1.807) is 12.3 Å². The maximum absolute atomic E-state index is 12.8. The molecule has 7 heteroatoms. The zero-order chi connectivity index (χ0) is 19.3. The second kappa shape index (κ2) is 8.31. The summed E-state index contributed by atoms with van der Waals surface area (Å²) < 4.78 is 13.0. The highest BCUT2D eigenvalue weighted by atomic mass is 16.5. The van der Waals surface area contributed by atoms with Crippen LogP contribution in [-0.4, -0.2) is 27.4 Å². The number of aliphatic hydroxyl groups is 1. The van der Waals surface area contributed by atoms with Crippen LogP contribution in [0.1, 0.15) is 46.3 Å². The van der Waals surface area contributed by atoms with Gasteiger partial charge in [-0.25, -0.2) is 0 Å². The van der Waals surface area contributed by atoms with Crippen molar-refractivity contribution in [2.45, 2.75) is 38.5 Å². The molecule has 2 N–H and O–H groups in total. The van der Waals surface area contributed by atoms with Crippen LogP contribution in [0.3, 0.4) is 0 Å². The molecule has 28 heavy (non-hydrogen) atoms. The predicted molar refractivity (Wildman–Crippen MR) is 102 cm³/mol. The van der Waals surface area contributed by atoms with Gasteiger partial charge in [0.2, 0.25) is 0 Å². The number of ether oxygens (including phenoxy) is 1. The van der Waals surface area contributed by atoms with Crippen molar-refractivity contribution >= 4 is 5.91 Å². The number of nitrogens with zero attached hydrogens (tertiary/aromatic N) is 2. The van der Waals surface area contributed by atoms with Crippen molar-refractivity contribution in [3.63, 3.8) is 0 Å². The Bertz CT molecular complexity index is 932. The Morgan fingerprint density at radius 1 is 1.32 bits per heavy atom. The molecule has 146 valence electrons. The van der Waals surface area contributed by atoms with Crippen LogP contribution >= 0.6 is 0 Å². The Morgan fingerprint density at radius 2 is 2.18 bits per heavy atom. The number of aromatic nitrogens is 2. The third-order valence-corrected chi connectivity index (χ3v) is 4.97. The third-order valence-electron chi connectivity index (χ3n) is 4.97. The van der Waals surface area contributed by atoms with Crippen LogP contribution in [0.2, 0.25) is 0 Å². The normalized spacial score (nSPS) is 15.8. The summed E-state index contributed by atoms with van der Waals surface area (Å²) in [4.78, 5) is 12.8. The van der Waals surface area contributed by atoms with Gasteiger partial charge in [0.25, 0.3) is 5.91 Å². The number of rotatable bonds is 7. The summed E-state index contributed by atoms with van der Waals surface area (Å²) in [5.41, 5.74) is 2.80. The Balaban J connectivity index is 1.45. The van der Waals surface area contributed by atoms with Crippen molar-refractivity contribution in [2.75, 3.05) is 6.61 Å². The highest BCUT2D eigenvalue weighted by Gasteiger charge is 2.27. The van der Waals surface area contributed by atoms with Gasteiger partial charge in [0.1, 0.15) is 12.4 Å². The molecule has 0 saturated heterocycles. The fourth-order valence-electron chi connectivity index (χ4n) is 3.61. The number of para-hydroxylation sites is 1. The van der Waals surface area contributed by atoms with Crippen LogP contribution in [0.15, 0.2) is 53.3 Å². The number of amides is 1. The molecule has 1 amide bonds. The van der Waals surface area contributed by atoms with Crippen molar-refractivity contribution in [3.05, 3.63) is 71.4 Å². The number of aliphatic hydroxyl groups excluding tert-OH is 1. The van der Waals surface area contributed by atoms with E-state index in [1.165, 1.54) is 6.26 Å². The second-order valence-corrected chi connectivity index (χ2v) is 6.79. The third kappa shape index (κ3) is 3.80. The van der Waals surface area contributed by atoms with E-state index in [0.717, 1.165) is 36.3 Å². The van der Waals surface area contributed by atoms with E-state index in [9.17, 15) is 9.90 Å². The van der Waals surface area contributed by atoms with Crippen LogP contribution in [0, 0.1) is 0 Å². The maximum Gasteiger partial charge on any atom is 0.287 e. The van der Waals surface area contributed by atoms with Gasteiger partial charge in [0, 0.05) is 16.8 Å². The van der Waals surface area contributed by atoms with Gasteiger partial charge in [-0.15, -0.1) is 0 Å². The van der Waals surface area contributed by atoms with Crippen molar-refractivity contribution in [1.29, 1.82) is 0 Å². The molecule has 0 radical (unpaired) electrons. The zero-order valence-electron chi connectivity index (χ0n) is 15.5. The molecular weight excluding hydrogens is 358 g/mol. The zero-order valence-corrected chi connectivity index (χ0v) is 15.5. The standard InChI is InChI=1S/C21H23N3O4/c25-11-10-24-19-8-4-7-18(17(19)13-22-24)23-21(26)20-15(9-12-27-20)14-28-16-5-2-1-3-6-16/h1-3,5-6,9,12-13,18,25H,4,7-8,10-11,14H2,(H,23,26). The first kappa shape index (κ1) is 18.3. The van der Waals surface area contributed by atoms with Gasteiger partial charge in [-0.05, 0) is 37.5 Å². The van der Waals surface area contributed by atoms with E-state index in [-0.39, 0.29) is 30.9 Å². The highest BCUT2D eigenvalue weighted by Crippen LogP contribution is 2.30. The molecule has 1 aliphatic carbocycles. The summed E-state index contributed by atoms with van der Waals surface area (Å²) in [5, 5.41) is 16.6. The summed E-state index contributed by atoms with van der Waals surface area (Å²) in [5.74, 6) is 0.749. The fraction of sp³-hybridized carbons (Fsp3) is 0.333. The van der Waals surface area contributed by atoms with Crippen LogP contribution in [-0.2, 0) is 19.6 Å². The number of carbonyl (C=O) groups excluding carboxylic acids is 1. The molecule has 0 bridgehead atoms. The van der Waals surface area contributed by atoms with Crippen LogP contribution < -0.4 is 10.1 Å². The molecule has 1 unspecified atom stereocenters. The number of nitrogens with one attached hydrogen (secondary N) is 1. The molecule has 0 saturated carbocycles. The van der Waals surface area contributed by atoms with Crippen LogP contribution in [0.5, 0.6) is 5.75 Å². The molecule has 1 aliphatic rings. The lowest BCUT2D eigenvalue weighted by Gasteiger charge is -2.24. The number of hydrogen-bond acceptors (Lipinski definition) is 5. The Hall–Kier alpha value is -3.06. The molecule has 2 aromatic heterocycles. The quantitative estimate of drug-likeness (QED) is 0.657. The summed E-state index contributed by atoms with van der Waals surface area (Å²) in [6.45, 7) is 0.769. The number of hydrogen-bond donors (Lipinski definition) is 2. The molecule has 7 nitrogen and oxygen atoms in total. The summed E-state index contributed by atoms with van der Waals surface area (Å²) in [7, 11) is 0. The van der Waals surface area contributed by atoms with E-state index in [1.807, 2.05) is 35.0 Å². The molecule has 1 atom stereocenters. The van der Waals surface area contributed by atoms with E-state index in [4.69, 9.17) is 9.15 Å². The SMILES string of the molecule is O=C(NC1CCCc2c1cnn2CCO)c1occc1COc1ccccc1. The van der Waals surface area contributed by atoms with Gasteiger partial charge < -0.3 is 19.6 Å². The second-order valence-electron chi connectivity index (χ2n) is 6.79. The average molecular weight is 381 g/mol. The van der Waals surface area contributed by atoms with Gasteiger partial charge >= 0.3 is 0 Å². The Kier molecular flexibility index (Phi) is 5.43. The predicted octanol–water partition coefficient (Wildman–Crippen LogP) is 2.85. The molecular formula is C21H23N3O4. The molecule has 0 spiro atoms. The van der Waals surface area contributed by atoms with Gasteiger partial charge in [-0.1, -0.05) is 18.2 Å². The number of fused-ring (bicyclic) bond motifs is 1. The molecule has 0 fully saturated rings. The minimum absolute atomic E-state index is 0.0440. The maximum atomic E-state index is 12.8. The van der Waals surface area contributed by atoms with Gasteiger partial charge in [-0.3, -0.25) is 9.48 Å². The molecule has 4 rings (SSSR count). The van der Waals surface area contributed by atoms with Crippen LogP contribution in [0.4, 0.5) is 0 Å². The summed E-state index contributed by atoms with van der Waals surface area (Å²) in [6.07, 6.45) is 6.00. The number of furan rings is 1. The van der Waals surface area contributed by atoms with E-state index >= 15 is 0 Å². The Labute approximate surface area is 162 Å². The van der Waals surface area contributed by atoms with E-state index < -0.39 is 0 Å². The number of carbonyl (C=O) groups is 1. The Morgan fingerprint density at radius 3 is 3.00 bits per heavy atom. The summed E-state index contributed by atoms with van der Waals surface area (Å²) in [6, 6.07) is 11.1. The van der Waals surface area contributed by atoms with Gasteiger partial charge in [-0.2, -0.15) is 5.10 Å². The van der Waals surface area contributed by atoms with E-state index in [2.05, 4.69) is 10.4 Å². The first-order valence-electron chi connectivity index (χ1n) is 9.47.